The molecule has 2 rings (SSSR count). The monoisotopic (exact) mass is 419 g/mol. The molecule has 6 heteroatoms. The van der Waals surface area contributed by atoms with Crippen LogP contribution in [0.15, 0.2) is 69.2 Å². The fraction of sp³-hybridized carbons (Fsp3) is 0. The van der Waals surface area contributed by atoms with Crippen LogP contribution in [0.3, 0.4) is 0 Å². The number of carbonyl (C=O) groups excluding carboxylic acids is 1. The Morgan fingerprint density at radius 2 is 1.77 bits per heavy atom. The van der Waals surface area contributed by atoms with Crippen LogP contribution in [0, 0.1) is 11.3 Å². The van der Waals surface area contributed by atoms with Crippen molar-refractivity contribution >= 4 is 49.1 Å². The third-order valence-corrected chi connectivity index (χ3v) is 3.93. The third kappa shape index (κ3) is 4.45. The highest BCUT2D eigenvalue weighted by atomic mass is 79.9. The van der Waals surface area contributed by atoms with E-state index in [9.17, 15) is 4.79 Å². The largest absolute Gasteiger partial charge is 0.359 e. The van der Waals surface area contributed by atoms with Gasteiger partial charge < -0.3 is 10.6 Å². The van der Waals surface area contributed by atoms with Crippen LogP contribution in [0.2, 0.25) is 0 Å². The third-order valence-electron chi connectivity index (χ3n) is 2.71. The van der Waals surface area contributed by atoms with Crippen molar-refractivity contribution in [3.05, 3.63) is 69.2 Å². The average Bonchev–Trinajstić information content (AvgIpc) is 2.52. The number of benzene rings is 2. The maximum absolute atomic E-state index is 12.1. The molecule has 110 valence electrons. The number of amides is 1. The molecule has 2 aromatic rings. The lowest BCUT2D eigenvalue weighted by atomic mass is 10.2. The summed E-state index contributed by atoms with van der Waals surface area (Å²) >= 11 is 6.71. The van der Waals surface area contributed by atoms with Crippen molar-refractivity contribution in [2.45, 2.75) is 0 Å². The molecule has 0 aliphatic heterocycles. The summed E-state index contributed by atoms with van der Waals surface area (Å²) in [5, 5.41) is 14.7. The Kier molecular flexibility index (Phi) is 5.75. The van der Waals surface area contributed by atoms with Gasteiger partial charge in [-0.2, -0.15) is 5.26 Å². The highest BCUT2D eigenvalue weighted by Gasteiger charge is 2.09. The van der Waals surface area contributed by atoms with Gasteiger partial charge in [-0.1, -0.05) is 28.1 Å². The van der Waals surface area contributed by atoms with E-state index in [4.69, 9.17) is 5.26 Å². The summed E-state index contributed by atoms with van der Waals surface area (Å²) in [7, 11) is 0. The van der Waals surface area contributed by atoms with E-state index >= 15 is 0 Å². The zero-order valence-electron chi connectivity index (χ0n) is 11.3. The maximum atomic E-state index is 12.1. The molecule has 22 heavy (non-hydrogen) atoms. The van der Waals surface area contributed by atoms with Crippen molar-refractivity contribution in [3.8, 4) is 6.07 Å². The van der Waals surface area contributed by atoms with E-state index in [1.807, 2.05) is 42.5 Å². The zero-order chi connectivity index (χ0) is 15.9. The van der Waals surface area contributed by atoms with Gasteiger partial charge in [0.15, 0.2) is 0 Å². The van der Waals surface area contributed by atoms with Crippen molar-refractivity contribution in [1.29, 1.82) is 5.26 Å². The van der Waals surface area contributed by atoms with Gasteiger partial charge in [0.2, 0.25) is 0 Å². The van der Waals surface area contributed by atoms with Gasteiger partial charge in [0, 0.05) is 20.8 Å². The quantitative estimate of drug-likeness (QED) is 0.557. The van der Waals surface area contributed by atoms with E-state index in [1.165, 1.54) is 6.20 Å². The van der Waals surface area contributed by atoms with Gasteiger partial charge in [-0.05, 0) is 52.3 Å². The van der Waals surface area contributed by atoms with Gasteiger partial charge in [0.05, 0.1) is 5.69 Å². The molecule has 4 nitrogen and oxygen atoms in total. The second-order valence-electron chi connectivity index (χ2n) is 4.26. The summed E-state index contributed by atoms with van der Waals surface area (Å²) in [6.45, 7) is 0. The number of para-hydroxylation sites is 1. The highest BCUT2D eigenvalue weighted by molar-refractivity contribution is 9.10. The Hall–Kier alpha value is -2.10. The first-order chi connectivity index (χ1) is 10.6. The Bertz CT molecular complexity index is 749. The summed E-state index contributed by atoms with van der Waals surface area (Å²) in [5.41, 5.74) is 1.38. The van der Waals surface area contributed by atoms with Gasteiger partial charge in [0.25, 0.3) is 5.91 Å². The molecule has 2 aromatic carbocycles. The molecule has 0 aliphatic rings. The molecular formula is C16H11Br2N3O. The molecule has 0 spiro atoms. The Morgan fingerprint density at radius 3 is 2.41 bits per heavy atom. The van der Waals surface area contributed by atoms with Crippen molar-refractivity contribution < 1.29 is 4.79 Å². The van der Waals surface area contributed by atoms with Gasteiger partial charge >= 0.3 is 0 Å². The van der Waals surface area contributed by atoms with Crippen LogP contribution >= 0.6 is 31.9 Å². The molecule has 2 N–H and O–H groups in total. The second-order valence-corrected chi connectivity index (χ2v) is 6.03. The molecule has 1 amide bonds. The fourth-order valence-corrected chi connectivity index (χ4v) is 2.27. The lowest BCUT2D eigenvalue weighted by Crippen LogP contribution is -2.14. The smallest absolute Gasteiger partial charge is 0.267 e. The summed E-state index contributed by atoms with van der Waals surface area (Å²) in [4.78, 5) is 12.1. The van der Waals surface area contributed by atoms with Crippen molar-refractivity contribution in [3.63, 3.8) is 0 Å². The van der Waals surface area contributed by atoms with Gasteiger partial charge in [-0.3, -0.25) is 4.79 Å². The number of nitrogens with zero attached hydrogens (tertiary/aromatic N) is 1. The van der Waals surface area contributed by atoms with E-state index in [0.29, 0.717) is 5.69 Å². The van der Waals surface area contributed by atoms with Gasteiger partial charge in [-0.25, -0.2) is 0 Å². The number of halogens is 2. The molecule has 0 bridgehead atoms. The van der Waals surface area contributed by atoms with Crippen LogP contribution in [-0.4, -0.2) is 5.91 Å². The van der Waals surface area contributed by atoms with Crippen LogP contribution in [0.1, 0.15) is 0 Å². The molecule has 0 unspecified atom stereocenters. The van der Waals surface area contributed by atoms with Crippen molar-refractivity contribution in [2.24, 2.45) is 0 Å². The predicted molar refractivity (Wildman–Crippen MR) is 94.2 cm³/mol. The number of nitrogens with one attached hydrogen (secondary N) is 2. The lowest BCUT2D eigenvalue weighted by molar-refractivity contribution is -0.112. The standard InChI is InChI=1S/C16H11Br2N3O/c17-12-5-7-13(8-6-12)21-16(22)11(9-19)10-20-15-4-2-1-3-14(15)18/h1-8,10,20H,(H,21,22)/b11-10-. The van der Waals surface area contributed by atoms with Gasteiger partial charge in [-0.15, -0.1) is 0 Å². The van der Waals surface area contributed by atoms with E-state index in [0.717, 1.165) is 14.6 Å². The summed E-state index contributed by atoms with van der Waals surface area (Å²) in [6, 6.07) is 16.4. The minimum atomic E-state index is -0.468. The topological polar surface area (TPSA) is 64.9 Å². The number of nitriles is 1. The van der Waals surface area contributed by atoms with Crippen LogP contribution in [0.4, 0.5) is 11.4 Å². The van der Waals surface area contributed by atoms with E-state index in [1.54, 1.807) is 12.1 Å². The SMILES string of the molecule is N#C/C(=C/Nc1ccccc1Br)C(=O)Nc1ccc(Br)cc1. The number of hydrogen-bond donors (Lipinski definition) is 2. The van der Waals surface area contributed by atoms with Crippen LogP contribution < -0.4 is 10.6 Å². The molecule has 0 radical (unpaired) electrons. The lowest BCUT2D eigenvalue weighted by Gasteiger charge is -2.06. The molecule has 0 fully saturated rings. The van der Waals surface area contributed by atoms with Gasteiger partial charge in [0.1, 0.15) is 11.6 Å². The second kappa shape index (κ2) is 7.78. The molecular weight excluding hydrogens is 410 g/mol. The van der Waals surface area contributed by atoms with Crippen LogP contribution in [0.25, 0.3) is 0 Å². The molecule has 0 aromatic heterocycles. The zero-order valence-corrected chi connectivity index (χ0v) is 14.5. The Labute approximate surface area is 145 Å². The minimum Gasteiger partial charge on any atom is -0.359 e. The number of carbonyl (C=O) groups is 1. The molecule has 0 atom stereocenters. The number of rotatable bonds is 4. The first-order valence-electron chi connectivity index (χ1n) is 6.28. The normalized spacial score (nSPS) is 10.7. The summed E-state index contributed by atoms with van der Waals surface area (Å²) < 4.78 is 1.76. The van der Waals surface area contributed by atoms with Crippen LogP contribution in [-0.2, 0) is 4.79 Å². The first kappa shape index (κ1) is 16.3. The predicted octanol–water partition coefficient (Wildman–Crippen LogP) is 4.67. The Balaban J connectivity index is 2.09. The fourth-order valence-electron chi connectivity index (χ4n) is 1.61. The summed E-state index contributed by atoms with van der Waals surface area (Å²) in [6.07, 6.45) is 1.38. The van der Waals surface area contributed by atoms with E-state index in [-0.39, 0.29) is 5.57 Å². The molecule has 0 heterocycles. The molecule has 0 saturated heterocycles. The van der Waals surface area contributed by atoms with Crippen LogP contribution in [0.5, 0.6) is 0 Å². The Morgan fingerprint density at radius 1 is 1.09 bits per heavy atom. The minimum absolute atomic E-state index is 0.0151. The van der Waals surface area contributed by atoms with E-state index in [2.05, 4.69) is 42.5 Å². The van der Waals surface area contributed by atoms with E-state index < -0.39 is 5.91 Å². The highest BCUT2D eigenvalue weighted by Crippen LogP contribution is 2.21. The molecule has 0 aliphatic carbocycles. The number of hydrogen-bond acceptors (Lipinski definition) is 3. The summed E-state index contributed by atoms with van der Waals surface area (Å²) in [5.74, 6) is -0.468. The average molecular weight is 421 g/mol. The van der Waals surface area contributed by atoms with Crippen molar-refractivity contribution in [2.75, 3.05) is 10.6 Å². The molecule has 0 saturated carbocycles. The first-order valence-corrected chi connectivity index (χ1v) is 7.87. The van der Waals surface area contributed by atoms with Crippen molar-refractivity contribution in [1.82, 2.24) is 0 Å². The number of anilines is 2. The maximum Gasteiger partial charge on any atom is 0.267 e.